The number of rotatable bonds is 7. The zero-order valence-electron chi connectivity index (χ0n) is 15.9. The molecule has 3 rings (SSSR count). The second kappa shape index (κ2) is 8.36. The van der Waals surface area contributed by atoms with Crippen molar-refractivity contribution in [3.8, 4) is 5.75 Å². The molecule has 0 bridgehead atoms. The van der Waals surface area contributed by atoms with Crippen molar-refractivity contribution in [3.05, 3.63) is 51.7 Å². The molecule has 0 aliphatic rings. The van der Waals surface area contributed by atoms with E-state index in [0.717, 1.165) is 23.3 Å². The second-order valence-electron chi connectivity index (χ2n) is 6.33. The van der Waals surface area contributed by atoms with Crippen molar-refractivity contribution < 1.29 is 13.5 Å². The first-order valence-corrected chi connectivity index (χ1v) is 13.2. The van der Waals surface area contributed by atoms with Crippen molar-refractivity contribution in [2.75, 3.05) is 12.4 Å². The lowest BCUT2D eigenvalue weighted by Crippen LogP contribution is -2.04. The van der Waals surface area contributed by atoms with Crippen LogP contribution in [0.15, 0.2) is 39.5 Å². The van der Waals surface area contributed by atoms with Crippen LogP contribution in [0.5, 0.6) is 5.75 Å². The Balaban J connectivity index is 2.11. The second-order valence-corrected chi connectivity index (χ2v) is 12.7. The van der Waals surface area contributed by atoms with E-state index in [1.165, 1.54) is 0 Å². The topological polar surface area (TPSA) is 48.7 Å². The predicted octanol–water partition coefficient (Wildman–Crippen LogP) is 6.35. The predicted molar refractivity (Wildman–Crippen MR) is 119 cm³/mol. The maximum absolute atomic E-state index is 13.0. The molecule has 3 aromatic rings. The Labute approximate surface area is 168 Å². The lowest BCUT2D eigenvalue weighted by atomic mass is 10.1. The average Bonchev–Trinajstić information content (AvgIpc) is 2.61. The Kier molecular flexibility index (Phi) is 6.32. The van der Waals surface area contributed by atoms with Gasteiger partial charge in [0.05, 0.1) is 17.4 Å². The van der Waals surface area contributed by atoms with Gasteiger partial charge in [-0.2, -0.15) is 0 Å². The summed E-state index contributed by atoms with van der Waals surface area (Å²) in [5.41, 5.74) is 0.476. The highest BCUT2D eigenvalue weighted by molar-refractivity contribution is 8.68. The fraction of sp³-hybridized carbons (Fsp3) is 0.350. The van der Waals surface area contributed by atoms with E-state index in [0.29, 0.717) is 34.3 Å². The van der Waals surface area contributed by atoms with Crippen LogP contribution in [0.2, 0.25) is 0 Å². The third-order valence-corrected chi connectivity index (χ3v) is 9.50. The molecule has 1 aromatic heterocycles. The molecule has 0 aliphatic heterocycles. The molecule has 0 saturated carbocycles. The first-order valence-electron chi connectivity index (χ1n) is 8.93. The Hall–Kier alpha value is -1.33. The summed E-state index contributed by atoms with van der Waals surface area (Å²) in [6.07, 6.45) is 0.991. The van der Waals surface area contributed by atoms with E-state index >= 15 is 0 Å². The van der Waals surface area contributed by atoms with Crippen molar-refractivity contribution >= 4 is 50.8 Å². The van der Waals surface area contributed by atoms with Gasteiger partial charge in [0, 0.05) is 5.75 Å². The van der Waals surface area contributed by atoms with Gasteiger partial charge < -0.3 is 13.5 Å². The van der Waals surface area contributed by atoms with E-state index in [4.69, 9.17) is 25.3 Å². The van der Waals surface area contributed by atoms with E-state index in [1.54, 1.807) is 23.5 Å². The molecule has 1 heterocycles. The first-order chi connectivity index (χ1) is 12.9. The van der Waals surface area contributed by atoms with Gasteiger partial charge >= 0.3 is 0 Å². The van der Waals surface area contributed by atoms with E-state index in [1.807, 2.05) is 39.0 Å². The minimum atomic E-state index is -2.52. The molecule has 0 radical (unpaired) electrons. The monoisotopic (exact) mass is 422 g/mol. The molecule has 27 heavy (non-hydrogen) atoms. The van der Waals surface area contributed by atoms with Crippen molar-refractivity contribution in [2.24, 2.45) is 0 Å². The molecule has 4 nitrogen and oxygen atoms in total. The van der Waals surface area contributed by atoms with E-state index in [9.17, 15) is 4.79 Å². The summed E-state index contributed by atoms with van der Waals surface area (Å²) in [5, 5.41) is 1.05. The van der Waals surface area contributed by atoms with Crippen LogP contribution in [0.3, 0.4) is 0 Å². The van der Waals surface area contributed by atoms with Gasteiger partial charge in [-0.3, -0.25) is 4.79 Å². The van der Waals surface area contributed by atoms with Crippen molar-refractivity contribution in [3.63, 3.8) is 0 Å². The third kappa shape index (κ3) is 4.40. The molecule has 0 spiro atoms. The van der Waals surface area contributed by atoms with Crippen molar-refractivity contribution in [2.45, 2.75) is 34.1 Å². The summed E-state index contributed by atoms with van der Waals surface area (Å²) >= 11 is 7.23. The Morgan fingerprint density at radius 2 is 1.85 bits per heavy atom. The molecule has 0 aliphatic carbocycles. The number of hydrogen-bond donors (Lipinski definition) is 0. The normalized spacial score (nSPS) is 13.8. The van der Waals surface area contributed by atoms with Crippen LogP contribution in [-0.2, 0) is 16.3 Å². The fourth-order valence-corrected chi connectivity index (χ4v) is 7.48. The smallest absolute Gasteiger partial charge is 0.297 e. The third-order valence-electron chi connectivity index (χ3n) is 4.07. The van der Waals surface area contributed by atoms with Gasteiger partial charge in [-0.25, -0.2) is 0 Å². The van der Waals surface area contributed by atoms with E-state index in [2.05, 4.69) is 6.92 Å². The summed E-state index contributed by atoms with van der Waals surface area (Å²) in [6, 6.07) is 9.17. The fourth-order valence-electron chi connectivity index (χ4n) is 2.76. The zero-order chi connectivity index (χ0) is 19.6. The number of benzene rings is 2. The molecule has 2 aromatic carbocycles. The Morgan fingerprint density at radius 1 is 1.11 bits per heavy atom. The van der Waals surface area contributed by atoms with Gasteiger partial charge in [0.25, 0.3) is 5.69 Å². The van der Waals surface area contributed by atoms with Gasteiger partial charge in [-0.15, -0.1) is 0 Å². The lowest BCUT2D eigenvalue weighted by Gasteiger charge is -2.22. The molecule has 7 heteroatoms. The van der Waals surface area contributed by atoms with Crippen LogP contribution in [0.25, 0.3) is 21.9 Å². The van der Waals surface area contributed by atoms with Crippen LogP contribution >= 0.6 is 17.1 Å². The molecule has 0 N–H and O–H groups in total. The van der Waals surface area contributed by atoms with Crippen LogP contribution in [0, 0.1) is 13.8 Å². The molecule has 0 amide bonds. The molecule has 1 atom stereocenters. The van der Waals surface area contributed by atoms with Crippen molar-refractivity contribution in [1.29, 1.82) is 0 Å². The molecule has 1 unspecified atom stereocenters. The van der Waals surface area contributed by atoms with Gasteiger partial charge in [-0.05, 0) is 74.4 Å². The maximum Gasteiger partial charge on any atom is 0.297 e. The summed E-state index contributed by atoms with van der Waals surface area (Å²) in [6.45, 7) is 8.39. The number of aryl methyl sites for hydroxylation is 2. The summed E-state index contributed by atoms with van der Waals surface area (Å²) in [4.78, 5) is 13.0. The van der Waals surface area contributed by atoms with Gasteiger partial charge in [0.1, 0.15) is 16.9 Å². The van der Waals surface area contributed by atoms with Crippen LogP contribution in [0.1, 0.15) is 31.4 Å². The van der Waals surface area contributed by atoms with Crippen LogP contribution < -0.4 is 9.95 Å². The minimum absolute atomic E-state index is 0.0676. The molecular weight excluding hydrogens is 399 g/mol. The lowest BCUT2D eigenvalue weighted by molar-refractivity contribution is 0.344. The van der Waals surface area contributed by atoms with E-state index in [-0.39, 0.29) is 5.43 Å². The largest absolute Gasteiger partial charge is 0.456 e. The summed E-state index contributed by atoms with van der Waals surface area (Å²) in [7, 11) is 0. The standard InChI is InChI=1S/C20H23O4PS2/c1-5-9-27-25(26,22-6-2)24-17-12-16-19(11-14(17)4)23-18-10-13(3)7-8-15(18)20(16)21/h7-8,10-12H,5-6,9H2,1-4H3. The Bertz CT molecular complexity index is 1090. The summed E-state index contributed by atoms with van der Waals surface area (Å²) in [5.74, 6) is 1.46. The highest BCUT2D eigenvalue weighted by Gasteiger charge is 2.22. The van der Waals surface area contributed by atoms with Gasteiger partial charge in [0.15, 0.2) is 0 Å². The maximum atomic E-state index is 13.0. The number of hydrogen-bond acceptors (Lipinski definition) is 6. The molecule has 144 valence electrons. The average molecular weight is 423 g/mol. The first kappa shape index (κ1) is 20.4. The minimum Gasteiger partial charge on any atom is -0.456 e. The summed E-state index contributed by atoms with van der Waals surface area (Å²) < 4.78 is 17.9. The van der Waals surface area contributed by atoms with Gasteiger partial charge in [-0.1, -0.05) is 24.4 Å². The highest BCUT2D eigenvalue weighted by Crippen LogP contribution is 2.61. The molecule has 0 fully saturated rings. The van der Waals surface area contributed by atoms with Gasteiger partial charge in [0.2, 0.25) is 5.43 Å². The molecule has 0 saturated heterocycles. The highest BCUT2D eigenvalue weighted by atomic mass is 32.9. The van der Waals surface area contributed by atoms with Crippen LogP contribution in [0.4, 0.5) is 0 Å². The quantitative estimate of drug-likeness (QED) is 0.327. The van der Waals surface area contributed by atoms with Crippen LogP contribution in [-0.4, -0.2) is 12.4 Å². The number of fused-ring (bicyclic) bond motifs is 2. The van der Waals surface area contributed by atoms with Crippen molar-refractivity contribution in [1.82, 2.24) is 0 Å². The zero-order valence-corrected chi connectivity index (χ0v) is 18.4. The SMILES string of the molecule is CCCSP(=S)(OCC)Oc1cc2c(=O)c3ccc(C)cc3oc2cc1C. The molecular formula is C20H23O4PS2. The Morgan fingerprint density at radius 3 is 2.56 bits per heavy atom. The van der Waals surface area contributed by atoms with E-state index < -0.39 is 5.69 Å².